The van der Waals surface area contributed by atoms with Crippen molar-refractivity contribution >= 4 is 29.7 Å². The van der Waals surface area contributed by atoms with E-state index in [9.17, 15) is 14.4 Å². The number of nitrogens with zero attached hydrogens (tertiary/aromatic N) is 1. The number of amides is 2. The van der Waals surface area contributed by atoms with Gasteiger partial charge in [0, 0.05) is 5.75 Å². The van der Waals surface area contributed by atoms with E-state index in [0.29, 0.717) is 0 Å². The quantitative estimate of drug-likeness (QED) is 0.649. The predicted octanol–water partition coefficient (Wildman–Crippen LogP) is -0.890. The first kappa shape index (κ1) is 12.8. The van der Waals surface area contributed by atoms with E-state index in [0.717, 1.165) is 16.7 Å². The van der Waals surface area contributed by atoms with Crippen LogP contribution in [0.4, 0.5) is 4.79 Å². The number of thioether (sulfide) groups is 1. The maximum absolute atomic E-state index is 11.4. The standard InChI is InChI=1S/C8H12N2O5S/c9-5(7(12)13)3-16-4-6(11)10-1-2-15-8(10)14/h5H,1-4,9H2,(H,12,13)/t5-/m1/s1. The average molecular weight is 248 g/mol. The van der Waals surface area contributed by atoms with Crippen LogP contribution in [0.5, 0.6) is 0 Å². The predicted molar refractivity (Wildman–Crippen MR) is 56.0 cm³/mol. The molecule has 1 heterocycles. The van der Waals surface area contributed by atoms with Gasteiger partial charge < -0.3 is 15.6 Å². The summed E-state index contributed by atoms with van der Waals surface area (Å²) >= 11 is 1.08. The van der Waals surface area contributed by atoms with Crippen molar-refractivity contribution in [3.8, 4) is 0 Å². The first-order chi connectivity index (χ1) is 7.52. The summed E-state index contributed by atoms with van der Waals surface area (Å²) in [6.45, 7) is 0.465. The zero-order valence-electron chi connectivity index (χ0n) is 8.42. The van der Waals surface area contributed by atoms with Crippen LogP contribution in [-0.4, -0.2) is 58.7 Å². The lowest BCUT2D eigenvalue weighted by atomic mass is 10.4. The Kier molecular flexibility index (Phi) is 4.56. The molecule has 16 heavy (non-hydrogen) atoms. The smallest absolute Gasteiger partial charge is 0.416 e. The van der Waals surface area contributed by atoms with Gasteiger partial charge in [-0.3, -0.25) is 9.59 Å². The lowest BCUT2D eigenvalue weighted by Crippen LogP contribution is -2.35. The highest BCUT2D eigenvalue weighted by Gasteiger charge is 2.28. The SMILES string of the molecule is N[C@H](CSCC(=O)N1CCOC1=O)C(=O)O. The molecule has 0 aromatic rings. The van der Waals surface area contributed by atoms with Crippen LogP contribution in [0.1, 0.15) is 0 Å². The van der Waals surface area contributed by atoms with Crippen LogP contribution < -0.4 is 5.73 Å². The Morgan fingerprint density at radius 2 is 2.31 bits per heavy atom. The molecule has 8 heteroatoms. The van der Waals surface area contributed by atoms with E-state index in [2.05, 4.69) is 4.74 Å². The number of imide groups is 1. The molecule has 0 aliphatic carbocycles. The van der Waals surface area contributed by atoms with E-state index >= 15 is 0 Å². The largest absolute Gasteiger partial charge is 0.480 e. The number of nitrogens with two attached hydrogens (primary N) is 1. The highest BCUT2D eigenvalue weighted by atomic mass is 32.2. The van der Waals surface area contributed by atoms with Crippen LogP contribution in [0.15, 0.2) is 0 Å². The molecule has 1 saturated heterocycles. The number of carbonyl (C=O) groups excluding carboxylic acids is 2. The molecule has 1 aliphatic rings. The summed E-state index contributed by atoms with van der Waals surface area (Å²) in [7, 11) is 0. The minimum Gasteiger partial charge on any atom is -0.480 e. The third kappa shape index (κ3) is 3.38. The summed E-state index contributed by atoms with van der Waals surface area (Å²) in [5, 5.41) is 8.49. The fourth-order valence-corrected chi connectivity index (χ4v) is 1.89. The van der Waals surface area contributed by atoms with Gasteiger partial charge in [-0.15, -0.1) is 11.8 Å². The lowest BCUT2D eigenvalue weighted by molar-refractivity contribution is -0.138. The summed E-state index contributed by atoms with van der Waals surface area (Å²) in [5.74, 6) is -1.34. The van der Waals surface area contributed by atoms with Crippen LogP contribution in [0.3, 0.4) is 0 Å². The van der Waals surface area contributed by atoms with Gasteiger partial charge in [-0.1, -0.05) is 0 Å². The van der Waals surface area contributed by atoms with Gasteiger partial charge >= 0.3 is 12.1 Å². The van der Waals surface area contributed by atoms with Crippen molar-refractivity contribution in [1.29, 1.82) is 0 Å². The maximum atomic E-state index is 11.4. The van der Waals surface area contributed by atoms with Gasteiger partial charge in [0.15, 0.2) is 0 Å². The fourth-order valence-electron chi connectivity index (χ4n) is 1.04. The average Bonchev–Trinajstić information content (AvgIpc) is 2.64. The zero-order valence-corrected chi connectivity index (χ0v) is 9.24. The molecule has 0 saturated carbocycles. The number of carboxylic acids is 1. The second-order valence-corrected chi connectivity index (χ2v) is 4.15. The van der Waals surface area contributed by atoms with Crippen molar-refractivity contribution in [2.75, 3.05) is 24.7 Å². The minimum absolute atomic E-state index is 0.0239. The van der Waals surface area contributed by atoms with Crippen molar-refractivity contribution in [2.45, 2.75) is 6.04 Å². The molecule has 3 N–H and O–H groups in total. The number of ether oxygens (including phenoxy) is 1. The Morgan fingerprint density at radius 1 is 1.62 bits per heavy atom. The first-order valence-corrected chi connectivity index (χ1v) is 5.71. The van der Waals surface area contributed by atoms with E-state index in [1.54, 1.807) is 0 Å². The third-order valence-electron chi connectivity index (χ3n) is 1.90. The van der Waals surface area contributed by atoms with Crippen molar-refractivity contribution in [3.63, 3.8) is 0 Å². The Balaban J connectivity index is 2.25. The summed E-state index contributed by atoms with van der Waals surface area (Å²) in [6.07, 6.45) is -0.645. The van der Waals surface area contributed by atoms with Gasteiger partial charge in [-0.25, -0.2) is 9.69 Å². The van der Waals surface area contributed by atoms with Crippen molar-refractivity contribution < 1.29 is 24.2 Å². The first-order valence-electron chi connectivity index (χ1n) is 4.55. The molecule has 7 nitrogen and oxygen atoms in total. The highest BCUT2D eigenvalue weighted by Crippen LogP contribution is 2.09. The highest BCUT2D eigenvalue weighted by molar-refractivity contribution is 8.00. The second-order valence-electron chi connectivity index (χ2n) is 3.12. The van der Waals surface area contributed by atoms with Crippen LogP contribution >= 0.6 is 11.8 Å². The van der Waals surface area contributed by atoms with E-state index < -0.39 is 18.1 Å². The van der Waals surface area contributed by atoms with Crippen LogP contribution in [0.2, 0.25) is 0 Å². The summed E-state index contributed by atoms with van der Waals surface area (Å²) in [6, 6.07) is -0.997. The Labute approximate surface area is 95.9 Å². The zero-order chi connectivity index (χ0) is 12.1. The Bertz CT molecular complexity index is 309. The molecule has 0 spiro atoms. The topological polar surface area (TPSA) is 110 Å². The van der Waals surface area contributed by atoms with E-state index in [1.807, 2.05) is 0 Å². The van der Waals surface area contributed by atoms with Gasteiger partial charge in [0.1, 0.15) is 12.6 Å². The van der Waals surface area contributed by atoms with E-state index in [1.165, 1.54) is 0 Å². The number of cyclic esters (lactones) is 1. The summed E-state index contributed by atoms with van der Waals surface area (Å²) in [5.41, 5.74) is 5.25. The molecular weight excluding hydrogens is 236 g/mol. The monoisotopic (exact) mass is 248 g/mol. The Hall–Kier alpha value is -1.28. The number of rotatable bonds is 5. The fraction of sp³-hybridized carbons (Fsp3) is 0.625. The van der Waals surface area contributed by atoms with Crippen molar-refractivity contribution in [3.05, 3.63) is 0 Å². The summed E-state index contributed by atoms with van der Waals surface area (Å²) < 4.78 is 4.59. The maximum Gasteiger partial charge on any atom is 0.416 e. The number of aliphatic carboxylic acids is 1. The van der Waals surface area contributed by atoms with Gasteiger partial charge in [0.05, 0.1) is 12.3 Å². The van der Waals surface area contributed by atoms with Crippen LogP contribution in [-0.2, 0) is 14.3 Å². The third-order valence-corrected chi connectivity index (χ3v) is 2.95. The molecule has 1 fully saturated rings. The van der Waals surface area contributed by atoms with Crippen LogP contribution in [0, 0.1) is 0 Å². The number of carboxylic acid groups (broad SMARTS) is 1. The molecule has 0 aromatic carbocycles. The molecule has 0 radical (unpaired) electrons. The van der Waals surface area contributed by atoms with Gasteiger partial charge in [-0.05, 0) is 0 Å². The normalized spacial score (nSPS) is 17.1. The Morgan fingerprint density at radius 3 is 2.81 bits per heavy atom. The lowest BCUT2D eigenvalue weighted by Gasteiger charge is -2.10. The van der Waals surface area contributed by atoms with Crippen molar-refractivity contribution in [1.82, 2.24) is 4.90 Å². The molecule has 1 aliphatic heterocycles. The van der Waals surface area contributed by atoms with Crippen LogP contribution in [0.25, 0.3) is 0 Å². The van der Waals surface area contributed by atoms with Crippen molar-refractivity contribution in [2.24, 2.45) is 5.73 Å². The van der Waals surface area contributed by atoms with Gasteiger partial charge in [0.2, 0.25) is 5.91 Å². The molecule has 1 rings (SSSR count). The minimum atomic E-state index is -1.11. The number of carbonyl (C=O) groups is 3. The molecule has 0 aromatic heterocycles. The molecular formula is C8H12N2O5S. The van der Waals surface area contributed by atoms with Gasteiger partial charge in [-0.2, -0.15) is 0 Å². The van der Waals surface area contributed by atoms with Gasteiger partial charge in [0.25, 0.3) is 0 Å². The summed E-state index contributed by atoms with van der Waals surface area (Å²) in [4.78, 5) is 33.8. The molecule has 0 unspecified atom stereocenters. The number of hydrogen-bond acceptors (Lipinski definition) is 6. The number of hydrogen-bond donors (Lipinski definition) is 2. The molecule has 90 valence electrons. The molecule has 1 atom stereocenters. The molecule has 0 bridgehead atoms. The second kappa shape index (κ2) is 5.71. The van der Waals surface area contributed by atoms with E-state index in [-0.39, 0.29) is 30.6 Å². The molecule has 2 amide bonds. The van der Waals surface area contributed by atoms with E-state index in [4.69, 9.17) is 10.8 Å².